The van der Waals surface area contributed by atoms with E-state index in [4.69, 9.17) is 0 Å². The van der Waals surface area contributed by atoms with Gasteiger partial charge >= 0.3 is 6.18 Å². The van der Waals surface area contributed by atoms with Crippen LogP contribution in [0.2, 0.25) is 0 Å². The lowest BCUT2D eigenvalue weighted by molar-refractivity contribution is -0.137. The maximum absolute atomic E-state index is 13.3. The lowest BCUT2D eigenvalue weighted by Crippen LogP contribution is -2.41. The Bertz CT molecular complexity index is 482. The van der Waals surface area contributed by atoms with E-state index in [1.54, 1.807) is 12.1 Å². The highest BCUT2D eigenvalue weighted by Crippen LogP contribution is 2.40. The highest BCUT2D eigenvalue weighted by molar-refractivity contribution is 9.08. The first-order valence-electron chi connectivity index (χ1n) is 6.74. The van der Waals surface area contributed by atoms with Gasteiger partial charge in [0.05, 0.1) is 5.56 Å². The molecular weight excluding hydrogens is 331 g/mol. The lowest BCUT2D eigenvalue weighted by Gasteiger charge is -2.40. The number of halogens is 4. The Kier molecular flexibility index (Phi) is 4.38. The topological polar surface area (TPSA) is 3.24 Å². The highest BCUT2D eigenvalue weighted by atomic mass is 79.9. The zero-order chi connectivity index (χ0) is 15.0. The average molecular weight is 350 g/mol. The Morgan fingerprint density at radius 2 is 2.00 bits per heavy atom. The normalized spacial score (nSPS) is 19.2. The Hall–Kier alpha value is -0.710. The second kappa shape index (κ2) is 5.58. The SMILES string of the molecule is CC1(C)CCCN(c2ccc(CBr)cc2C(F)(F)F)C1. The Balaban J connectivity index is 2.40. The molecule has 1 aromatic carbocycles. The van der Waals surface area contributed by atoms with E-state index in [0.29, 0.717) is 29.7 Å². The van der Waals surface area contributed by atoms with E-state index in [9.17, 15) is 13.2 Å². The van der Waals surface area contributed by atoms with Crippen molar-refractivity contribution in [3.8, 4) is 0 Å². The van der Waals surface area contributed by atoms with Crippen LogP contribution in [0.1, 0.15) is 37.8 Å². The molecule has 1 fully saturated rings. The first kappa shape index (κ1) is 15.7. The number of benzene rings is 1. The quantitative estimate of drug-likeness (QED) is 0.661. The van der Waals surface area contributed by atoms with Crippen molar-refractivity contribution < 1.29 is 13.2 Å². The molecule has 20 heavy (non-hydrogen) atoms. The number of alkyl halides is 4. The molecule has 1 aliphatic heterocycles. The van der Waals surface area contributed by atoms with Gasteiger partial charge in [0.2, 0.25) is 0 Å². The van der Waals surface area contributed by atoms with Crippen LogP contribution >= 0.6 is 15.9 Å². The average Bonchev–Trinajstić information content (AvgIpc) is 2.35. The van der Waals surface area contributed by atoms with Gasteiger partial charge in [-0.25, -0.2) is 0 Å². The van der Waals surface area contributed by atoms with E-state index in [0.717, 1.165) is 12.8 Å². The van der Waals surface area contributed by atoms with Crippen LogP contribution in [0.3, 0.4) is 0 Å². The molecule has 0 aromatic heterocycles. The summed E-state index contributed by atoms with van der Waals surface area (Å²) in [6.07, 6.45) is -2.32. The minimum Gasteiger partial charge on any atom is -0.371 e. The van der Waals surface area contributed by atoms with Crippen molar-refractivity contribution in [1.29, 1.82) is 0 Å². The van der Waals surface area contributed by atoms with Crippen molar-refractivity contribution in [2.75, 3.05) is 18.0 Å². The number of hydrogen-bond donors (Lipinski definition) is 0. The van der Waals surface area contributed by atoms with E-state index < -0.39 is 11.7 Å². The van der Waals surface area contributed by atoms with E-state index in [1.165, 1.54) is 6.07 Å². The number of hydrogen-bond acceptors (Lipinski definition) is 1. The smallest absolute Gasteiger partial charge is 0.371 e. The molecule has 1 heterocycles. The molecule has 112 valence electrons. The molecule has 1 aromatic rings. The van der Waals surface area contributed by atoms with Gasteiger partial charge in [-0.2, -0.15) is 13.2 Å². The zero-order valence-corrected chi connectivity index (χ0v) is 13.3. The van der Waals surface area contributed by atoms with Crippen molar-refractivity contribution in [1.82, 2.24) is 0 Å². The number of anilines is 1. The Morgan fingerprint density at radius 1 is 1.30 bits per heavy atom. The summed E-state index contributed by atoms with van der Waals surface area (Å²) in [5, 5.41) is 0.432. The third-order valence-electron chi connectivity index (χ3n) is 3.76. The van der Waals surface area contributed by atoms with E-state index in [2.05, 4.69) is 29.8 Å². The van der Waals surface area contributed by atoms with Crippen LogP contribution in [0.25, 0.3) is 0 Å². The molecule has 0 radical (unpaired) electrons. The zero-order valence-electron chi connectivity index (χ0n) is 11.7. The molecule has 1 nitrogen and oxygen atoms in total. The highest BCUT2D eigenvalue weighted by Gasteiger charge is 2.37. The van der Waals surface area contributed by atoms with E-state index in [1.807, 2.05) is 4.90 Å². The molecule has 2 rings (SSSR count). The van der Waals surface area contributed by atoms with Gasteiger partial charge in [-0.3, -0.25) is 0 Å². The molecule has 1 aliphatic rings. The summed E-state index contributed by atoms with van der Waals surface area (Å²) in [4.78, 5) is 1.88. The first-order valence-corrected chi connectivity index (χ1v) is 7.86. The molecule has 0 unspecified atom stereocenters. The minimum absolute atomic E-state index is 0.0647. The number of piperidine rings is 1. The molecule has 1 saturated heterocycles. The van der Waals surface area contributed by atoms with Crippen molar-refractivity contribution in [2.45, 2.75) is 38.2 Å². The second-order valence-electron chi connectivity index (χ2n) is 6.17. The van der Waals surface area contributed by atoms with Crippen LogP contribution in [0.5, 0.6) is 0 Å². The summed E-state index contributed by atoms with van der Waals surface area (Å²) < 4.78 is 39.8. The molecule has 0 N–H and O–H groups in total. The summed E-state index contributed by atoms with van der Waals surface area (Å²) in [6.45, 7) is 5.59. The third kappa shape index (κ3) is 3.48. The fraction of sp³-hybridized carbons (Fsp3) is 0.600. The van der Waals surface area contributed by atoms with Gasteiger partial charge in [0.25, 0.3) is 0 Å². The molecule has 5 heteroatoms. The van der Waals surface area contributed by atoms with Gasteiger partial charge in [0.1, 0.15) is 0 Å². The summed E-state index contributed by atoms with van der Waals surface area (Å²) in [6, 6.07) is 4.63. The molecule has 0 bridgehead atoms. The van der Waals surface area contributed by atoms with E-state index >= 15 is 0 Å². The minimum atomic E-state index is -4.31. The Morgan fingerprint density at radius 3 is 2.55 bits per heavy atom. The molecule has 0 atom stereocenters. The Labute approximate surface area is 126 Å². The number of nitrogens with zero attached hydrogens (tertiary/aromatic N) is 1. The third-order valence-corrected chi connectivity index (χ3v) is 4.41. The predicted octanol–water partition coefficient (Wildman–Crippen LogP) is 5.23. The summed E-state index contributed by atoms with van der Waals surface area (Å²) >= 11 is 3.22. The van der Waals surface area contributed by atoms with Crippen LogP contribution in [-0.4, -0.2) is 13.1 Å². The molecule has 0 spiro atoms. The van der Waals surface area contributed by atoms with Gasteiger partial charge in [-0.15, -0.1) is 0 Å². The van der Waals surface area contributed by atoms with Crippen molar-refractivity contribution >= 4 is 21.6 Å². The van der Waals surface area contributed by atoms with Crippen molar-refractivity contribution in [2.24, 2.45) is 5.41 Å². The van der Waals surface area contributed by atoms with Crippen LogP contribution in [0.15, 0.2) is 18.2 Å². The second-order valence-corrected chi connectivity index (χ2v) is 6.73. The van der Waals surface area contributed by atoms with Gasteiger partial charge in [0.15, 0.2) is 0 Å². The van der Waals surface area contributed by atoms with Crippen molar-refractivity contribution in [3.05, 3.63) is 29.3 Å². The largest absolute Gasteiger partial charge is 0.418 e. The van der Waals surface area contributed by atoms with Gasteiger partial charge in [0, 0.05) is 24.1 Å². The standard InChI is InChI=1S/C15H19BrF3N/c1-14(2)6-3-7-20(10-14)13-5-4-11(9-16)8-12(13)15(17,18)19/h4-5,8H,3,6-7,9-10H2,1-2H3. The maximum atomic E-state index is 13.3. The van der Waals surface area contributed by atoms with Gasteiger partial charge < -0.3 is 4.90 Å². The van der Waals surface area contributed by atoms with Crippen molar-refractivity contribution in [3.63, 3.8) is 0 Å². The summed E-state index contributed by atoms with van der Waals surface area (Å²) in [5.41, 5.74) is 0.509. The molecule has 0 amide bonds. The predicted molar refractivity (Wildman–Crippen MR) is 79.3 cm³/mol. The summed E-state index contributed by atoms with van der Waals surface area (Å²) in [7, 11) is 0. The van der Waals surface area contributed by atoms with Crippen LogP contribution in [0.4, 0.5) is 18.9 Å². The molecule has 0 saturated carbocycles. The van der Waals surface area contributed by atoms with Gasteiger partial charge in [-0.1, -0.05) is 35.8 Å². The van der Waals surface area contributed by atoms with Crippen LogP contribution in [0, 0.1) is 5.41 Å². The molecular formula is C15H19BrF3N. The maximum Gasteiger partial charge on any atom is 0.418 e. The fourth-order valence-corrected chi connectivity index (χ4v) is 3.15. The van der Waals surface area contributed by atoms with Crippen LogP contribution in [-0.2, 0) is 11.5 Å². The first-order chi connectivity index (χ1) is 9.23. The fourth-order valence-electron chi connectivity index (χ4n) is 2.80. The van der Waals surface area contributed by atoms with Gasteiger partial charge in [-0.05, 0) is 36.0 Å². The van der Waals surface area contributed by atoms with Crippen LogP contribution < -0.4 is 4.90 Å². The number of rotatable bonds is 2. The molecule has 0 aliphatic carbocycles. The van der Waals surface area contributed by atoms with E-state index in [-0.39, 0.29) is 5.41 Å². The summed E-state index contributed by atoms with van der Waals surface area (Å²) in [5.74, 6) is 0. The monoisotopic (exact) mass is 349 g/mol. The lowest BCUT2D eigenvalue weighted by atomic mass is 9.83.